The monoisotopic (exact) mass is 416 g/mol. The summed E-state index contributed by atoms with van der Waals surface area (Å²) in [7, 11) is 0. The van der Waals surface area contributed by atoms with Crippen molar-refractivity contribution < 1.29 is 14.0 Å². The number of likely N-dealkylation sites (tertiary alicyclic amines) is 1. The van der Waals surface area contributed by atoms with Gasteiger partial charge in [-0.1, -0.05) is 6.07 Å². The third-order valence-corrected chi connectivity index (χ3v) is 6.05. The zero-order valence-corrected chi connectivity index (χ0v) is 16.4. The molecule has 4 rings (SSSR count). The number of halogens is 1. The second kappa shape index (κ2) is 8.15. The molecule has 0 spiro atoms. The second-order valence-electron chi connectivity index (χ2n) is 6.41. The number of carbonyl (C=O) groups excluding carboxylic acids is 2. The molecule has 1 fully saturated rings. The smallest absolute Gasteiger partial charge is 0.264 e. The zero-order valence-electron chi connectivity index (χ0n) is 14.8. The molecule has 6 nitrogen and oxygen atoms in total. The molecule has 2 amide bonds. The largest absolute Gasteiger partial charge is 0.326 e. The summed E-state index contributed by atoms with van der Waals surface area (Å²) in [6.07, 6.45) is 2.39. The average molecular weight is 417 g/mol. The third kappa shape index (κ3) is 3.95. The molecule has 0 aliphatic carbocycles. The van der Waals surface area contributed by atoms with E-state index in [1.807, 2.05) is 11.4 Å². The van der Waals surface area contributed by atoms with E-state index in [0.717, 1.165) is 24.4 Å². The fourth-order valence-corrected chi connectivity index (χ4v) is 4.44. The first-order chi connectivity index (χ1) is 13.6. The summed E-state index contributed by atoms with van der Waals surface area (Å²) in [5.41, 5.74) is 0.672. The Labute approximate surface area is 169 Å². The van der Waals surface area contributed by atoms with E-state index in [9.17, 15) is 14.0 Å². The van der Waals surface area contributed by atoms with E-state index in [1.165, 1.54) is 23.5 Å². The van der Waals surface area contributed by atoms with Gasteiger partial charge in [-0.05, 0) is 55.0 Å². The molecule has 144 valence electrons. The quantitative estimate of drug-likeness (QED) is 0.697. The van der Waals surface area contributed by atoms with Crippen molar-refractivity contribution in [3.05, 3.63) is 52.5 Å². The van der Waals surface area contributed by atoms with E-state index in [-0.39, 0.29) is 17.6 Å². The lowest BCUT2D eigenvalue weighted by Gasteiger charge is -2.34. The molecule has 0 bridgehead atoms. The Morgan fingerprint density at radius 2 is 2.00 bits per heavy atom. The lowest BCUT2D eigenvalue weighted by atomic mass is 10.0. The Balaban J connectivity index is 1.47. The van der Waals surface area contributed by atoms with E-state index < -0.39 is 6.04 Å². The first-order valence-electron chi connectivity index (χ1n) is 8.87. The molecular formula is C19H17FN4O2S2. The van der Waals surface area contributed by atoms with Gasteiger partial charge in [0.05, 0.1) is 4.88 Å². The summed E-state index contributed by atoms with van der Waals surface area (Å²) in [5, 5.41) is 5.00. The number of nitrogens with one attached hydrogen (secondary N) is 1. The Hall–Kier alpha value is -2.65. The SMILES string of the molecule is O=C(Nc1nc(-c2ccc(F)cc2)ns1)C1CCCCN1C(=O)c1cccs1. The lowest BCUT2D eigenvalue weighted by molar-refractivity contribution is -0.121. The van der Waals surface area contributed by atoms with Gasteiger partial charge in [-0.3, -0.25) is 14.9 Å². The third-order valence-electron chi connectivity index (χ3n) is 4.56. The summed E-state index contributed by atoms with van der Waals surface area (Å²) in [5.74, 6) is -0.277. The Morgan fingerprint density at radius 3 is 2.75 bits per heavy atom. The molecule has 1 aromatic carbocycles. The number of carbonyl (C=O) groups is 2. The van der Waals surface area contributed by atoms with Crippen LogP contribution in [0.15, 0.2) is 41.8 Å². The first kappa shape index (κ1) is 18.7. The van der Waals surface area contributed by atoms with Crippen LogP contribution < -0.4 is 5.32 Å². The van der Waals surface area contributed by atoms with Gasteiger partial charge in [-0.15, -0.1) is 11.3 Å². The summed E-state index contributed by atoms with van der Waals surface area (Å²) in [4.78, 5) is 32.2. The molecule has 1 atom stereocenters. The molecule has 0 radical (unpaired) electrons. The van der Waals surface area contributed by atoms with Crippen LogP contribution in [0.4, 0.5) is 9.52 Å². The van der Waals surface area contributed by atoms with E-state index in [1.54, 1.807) is 23.1 Å². The normalized spacial score (nSPS) is 16.8. The molecule has 3 aromatic rings. The van der Waals surface area contributed by atoms with Crippen LogP contribution in [0.5, 0.6) is 0 Å². The van der Waals surface area contributed by atoms with Crippen LogP contribution in [0.1, 0.15) is 28.9 Å². The fourth-order valence-electron chi connectivity index (χ4n) is 3.17. The Kier molecular flexibility index (Phi) is 5.45. The van der Waals surface area contributed by atoms with Crippen molar-refractivity contribution in [1.29, 1.82) is 0 Å². The van der Waals surface area contributed by atoms with Crippen molar-refractivity contribution in [2.75, 3.05) is 11.9 Å². The van der Waals surface area contributed by atoms with E-state index in [2.05, 4.69) is 14.7 Å². The molecule has 1 N–H and O–H groups in total. The zero-order chi connectivity index (χ0) is 19.5. The fraction of sp³-hybridized carbons (Fsp3) is 0.263. The van der Waals surface area contributed by atoms with Crippen molar-refractivity contribution in [2.45, 2.75) is 25.3 Å². The highest BCUT2D eigenvalue weighted by Crippen LogP contribution is 2.25. The molecule has 1 saturated heterocycles. The van der Waals surface area contributed by atoms with Gasteiger partial charge in [0, 0.05) is 23.6 Å². The number of piperidine rings is 1. The number of aromatic nitrogens is 2. The number of benzene rings is 1. The van der Waals surface area contributed by atoms with Crippen LogP contribution in [0, 0.1) is 5.82 Å². The highest BCUT2D eigenvalue weighted by molar-refractivity contribution is 7.12. The van der Waals surface area contributed by atoms with Crippen LogP contribution in [0.2, 0.25) is 0 Å². The highest BCUT2D eigenvalue weighted by Gasteiger charge is 2.33. The number of amides is 2. The number of nitrogens with zero attached hydrogens (tertiary/aromatic N) is 3. The van der Waals surface area contributed by atoms with Crippen LogP contribution in [0.25, 0.3) is 11.4 Å². The van der Waals surface area contributed by atoms with Crippen LogP contribution in [-0.2, 0) is 4.79 Å². The molecule has 28 heavy (non-hydrogen) atoms. The van der Waals surface area contributed by atoms with Gasteiger partial charge in [0.15, 0.2) is 5.82 Å². The minimum absolute atomic E-state index is 0.112. The van der Waals surface area contributed by atoms with Gasteiger partial charge < -0.3 is 4.90 Å². The molecule has 2 aromatic heterocycles. The Bertz CT molecular complexity index is 972. The number of thiophene rings is 1. The highest BCUT2D eigenvalue weighted by atomic mass is 32.1. The molecule has 1 aliphatic heterocycles. The van der Waals surface area contributed by atoms with Crippen molar-refractivity contribution >= 4 is 39.8 Å². The van der Waals surface area contributed by atoms with Crippen LogP contribution >= 0.6 is 22.9 Å². The summed E-state index contributed by atoms with van der Waals surface area (Å²) in [6.45, 7) is 0.561. The van der Waals surface area contributed by atoms with Gasteiger partial charge in [0.2, 0.25) is 11.0 Å². The summed E-state index contributed by atoms with van der Waals surface area (Å²) >= 11 is 2.43. The van der Waals surface area contributed by atoms with Crippen molar-refractivity contribution in [3.8, 4) is 11.4 Å². The van der Waals surface area contributed by atoms with Gasteiger partial charge in [0.25, 0.3) is 5.91 Å². The minimum atomic E-state index is -0.526. The van der Waals surface area contributed by atoms with Crippen molar-refractivity contribution in [3.63, 3.8) is 0 Å². The number of hydrogen-bond donors (Lipinski definition) is 1. The molecule has 1 aliphatic rings. The first-order valence-corrected chi connectivity index (χ1v) is 10.5. The van der Waals surface area contributed by atoms with E-state index >= 15 is 0 Å². The molecule has 0 saturated carbocycles. The molecule has 3 heterocycles. The number of anilines is 1. The second-order valence-corrected chi connectivity index (χ2v) is 8.11. The van der Waals surface area contributed by atoms with Crippen molar-refractivity contribution in [2.24, 2.45) is 0 Å². The molecule has 9 heteroatoms. The Morgan fingerprint density at radius 1 is 1.18 bits per heavy atom. The number of hydrogen-bond acceptors (Lipinski definition) is 6. The van der Waals surface area contributed by atoms with E-state index in [0.29, 0.717) is 34.4 Å². The minimum Gasteiger partial charge on any atom is -0.326 e. The summed E-state index contributed by atoms with van der Waals surface area (Å²) < 4.78 is 17.3. The predicted octanol–water partition coefficient (Wildman–Crippen LogP) is 4.04. The molecule has 1 unspecified atom stereocenters. The van der Waals surface area contributed by atoms with Crippen molar-refractivity contribution in [1.82, 2.24) is 14.3 Å². The topological polar surface area (TPSA) is 75.2 Å². The molecular weight excluding hydrogens is 399 g/mol. The maximum Gasteiger partial charge on any atom is 0.264 e. The predicted molar refractivity (Wildman–Crippen MR) is 107 cm³/mol. The van der Waals surface area contributed by atoms with Crippen LogP contribution in [-0.4, -0.2) is 38.7 Å². The van der Waals surface area contributed by atoms with Gasteiger partial charge in [0.1, 0.15) is 11.9 Å². The van der Waals surface area contributed by atoms with E-state index in [4.69, 9.17) is 0 Å². The van der Waals surface area contributed by atoms with Gasteiger partial charge in [-0.25, -0.2) is 4.39 Å². The van der Waals surface area contributed by atoms with Gasteiger partial charge >= 0.3 is 0 Å². The number of rotatable bonds is 4. The standard InChI is InChI=1S/C19H17FN4O2S2/c20-13-8-6-12(7-9-13)16-21-19(28-23-16)22-17(25)14-4-1-2-10-24(14)18(26)15-5-3-11-27-15/h3,5-9,11,14H,1-2,4,10H2,(H,21,22,23,25). The maximum atomic E-state index is 13.1. The van der Waals surface area contributed by atoms with Gasteiger partial charge in [-0.2, -0.15) is 9.36 Å². The lowest BCUT2D eigenvalue weighted by Crippen LogP contribution is -2.49. The summed E-state index contributed by atoms with van der Waals surface area (Å²) in [6, 6.07) is 8.93. The average Bonchev–Trinajstić information content (AvgIpc) is 3.40. The van der Waals surface area contributed by atoms with Crippen LogP contribution in [0.3, 0.4) is 0 Å². The maximum absolute atomic E-state index is 13.1.